The molecule has 0 amide bonds. The SMILES string of the molecule is CCC1(OC(=O)[C@H]2C[C@@H]3C=C[C@H]2C3)C2CC3CC(C2)CC1C3. The highest BCUT2D eigenvalue weighted by atomic mass is 16.6. The fraction of sp³-hybridized carbons (Fsp3) is 0.850. The van der Waals surface area contributed by atoms with Crippen LogP contribution in [0, 0.1) is 41.4 Å². The van der Waals surface area contributed by atoms with Gasteiger partial charge >= 0.3 is 5.97 Å². The van der Waals surface area contributed by atoms with E-state index in [2.05, 4.69) is 19.1 Å². The highest BCUT2D eigenvalue weighted by molar-refractivity contribution is 5.74. The van der Waals surface area contributed by atoms with Crippen molar-refractivity contribution >= 4 is 5.97 Å². The van der Waals surface area contributed by atoms with Crippen LogP contribution in [0.25, 0.3) is 0 Å². The first-order valence-electron chi connectivity index (χ1n) is 9.59. The van der Waals surface area contributed by atoms with E-state index in [1.807, 2.05) is 0 Å². The zero-order chi connectivity index (χ0) is 14.9. The number of carbonyl (C=O) groups excluding carboxylic acids is 1. The number of esters is 1. The number of hydrogen-bond donors (Lipinski definition) is 0. The van der Waals surface area contributed by atoms with Crippen LogP contribution >= 0.6 is 0 Å². The molecule has 22 heavy (non-hydrogen) atoms. The van der Waals surface area contributed by atoms with E-state index < -0.39 is 0 Å². The molecule has 0 heterocycles. The molecular weight excluding hydrogens is 272 g/mol. The van der Waals surface area contributed by atoms with E-state index in [1.54, 1.807) is 0 Å². The quantitative estimate of drug-likeness (QED) is 0.572. The van der Waals surface area contributed by atoms with Crippen LogP contribution in [-0.4, -0.2) is 11.6 Å². The Morgan fingerprint density at radius 3 is 2.18 bits per heavy atom. The Bertz CT molecular complexity index is 492. The van der Waals surface area contributed by atoms with Gasteiger partial charge in [0.05, 0.1) is 5.92 Å². The molecule has 0 saturated heterocycles. The minimum Gasteiger partial charge on any atom is -0.458 e. The van der Waals surface area contributed by atoms with Crippen LogP contribution in [0.15, 0.2) is 12.2 Å². The van der Waals surface area contributed by atoms with Gasteiger partial charge in [-0.15, -0.1) is 0 Å². The lowest BCUT2D eigenvalue weighted by Gasteiger charge is -2.60. The van der Waals surface area contributed by atoms with E-state index in [9.17, 15) is 4.79 Å². The van der Waals surface area contributed by atoms with Crippen LogP contribution in [0.3, 0.4) is 0 Å². The molecule has 6 aliphatic carbocycles. The Balaban J connectivity index is 1.38. The van der Waals surface area contributed by atoms with Crippen molar-refractivity contribution in [3.05, 3.63) is 12.2 Å². The Morgan fingerprint density at radius 2 is 1.68 bits per heavy atom. The summed E-state index contributed by atoms with van der Waals surface area (Å²) in [5.74, 6) is 4.62. The molecule has 0 aromatic carbocycles. The third kappa shape index (κ3) is 1.76. The molecule has 0 unspecified atom stereocenters. The minimum absolute atomic E-state index is 0.101. The molecular formula is C20H28O2. The van der Waals surface area contributed by atoms with Gasteiger partial charge in [0.25, 0.3) is 0 Å². The number of fused-ring (bicyclic) bond motifs is 2. The van der Waals surface area contributed by atoms with Crippen LogP contribution in [-0.2, 0) is 9.53 Å². The molecule has 0 aromatic rings. The molecule has 2 nitrogen and oxygen atoms in total. The summed E-state index contributed by atoms with van der Waals surface area (Å²) in [4.78, 5) is 12.9. The predicted octanol–water partition coefficient (Wildman–Crippen LogP) is 4.35. The van der Waals surface area contributed by atoms with E-state index in [4.69, 9.17) is 4.74 Å². The molecule has 0 aliphatic heterocycles. The second-order valence-electron chi connectivity index (χ2n) is 8.92. The van der Waals surface area contributed by atoms with Crippen molar-refractivity contribution < 1.29 is 9.53 Å². The highest BCUT2D eigenvalue weighted by Crippen LogP contribution is 2.61. The summed E-state index contributed by atoms with van der Waals surface area (Å²) in [6, 6.07) is 0. The van der Waals surface area contributed by atoms with Gasteiger partial charge in [0.2, 0.25) is 0 Å². The summed E-state index contributed by atoms with van der Waals surface area (Å²) in [6.45, 7) is 2.26. The van der Waals surface area contributed by atoms with Gasteiger partial charge in [0, 0.05) is 0 Å². The van der Waals surface area contributed by atoms with Gasteiger partial charge < -0.3 is 4.74 Å². The van der Waals surface area contributed by atoms with Crippen LogP contribution in [0.4, 0.5) is 0 Å². The average Bonchev–Trinajstić information content (AvgIpc) is 3.13. The van der Waals surface area contributed by atoms with Gasteiger partial charge in [-0.05, 0) is 86.9 Å². The van der Waals surface area contributed by atoms with E-state index in [0.717, 1.165) is 24.7 Å². The summed E-state index contributed by atoms with van der Waals surface area (Å²) >= 11 is 0. The van der Waals surface area contributed by atoms with Gasteiger partial charge in [-0.3, -0.25) is 4.79 Å². The monoisotopic (exact) mass is 300 g/mol. The lowest BCUT2D eigenvalue weighted by Crippen LogP contribution is -2.59. The first kappa shape index (κ1) is 13.6. The van der Waals surface area contributed by atoms with Crippen molar-refractivity contribution in [2.75, 3.05) is 0 Å². The average molecular weight is 300 g/mol. The second kappa shape index (κ2) is 4.61. The molecule has 6 aliphatic rings. The molecule has 0 spiro atoms. The van der Waals surface area contributed by atoms with Crippen molar-refractivity contribution in [3.63, 3.8) is 0 Å². The third-order valence-corrected chi connectivity index (χ3v) is 7.95. The van der Waals surface area contributed by atoms with Gasteiger partial charge in [0.1, 0.15) is 5.60 Å². The van der Waals surface area contributed by atoms with Crippen LogP contribution in [0.1, 0.15) is 58.3 Å². The van der Waals surface area contributed by atoms with Gasteiger partial charge in [-0.25, -0.2) is 0 Å². The zero-order valence-corrected chi connectivity index (χ0v) is 13.7. The van der Waals surface area contributed by atoms with Crippen molar-refractivity contribution in [2.45, 2.75) is 63.9 Å². The molecule has 6 bridgehead atoms. The molecule has 0 aromatic heterocycles. The minimum atomic E-state index is -0.101. The summed E-state index contributed by atoms with van der Waals surface area (Å²) in [5.41, 5.74) is -0.101. The van der Waals surface area contributed by atoms with E-state index in [0.29, 0.717) is 23.7 Å². The van der Waals surface area contributed by atoms with Crippen molar-refractivity contribution in [1.82, 2.24) is 0 Å². The van der Waals surface area contributed by atoms with Crippen LogP contribution < -0.4 is 0 Å². The predicted molar refractivity (Wildman–Crippen MR) is 85.0 cm³/mol. The molecule has 5 fully saturated rings. The Kier molecular flexibility index (Phi) is 2.86. The Morgan fingerprint density at radius 1 is 1.00 bits per heavy atom. The summed E-state index contributed by atoms with van der Waals surface area (Å²) in [7, 11) is 0. The van der Waals surface area contributed by atoms with E-state index in [1.165, 1.54) is 38.5 Å². The summed E-state index contributed by atoms with van der Waals surface area (Å²) in [6.07, 6.45) is 14.6. The van der Waals surface area contributed by atoms with E-state index in [-0.39, 0.29) is 17.5 Å². The van der Waals surface area contributed by atoms with Crippen molar-refractivity contribution in [2.24, 2.45) is 41.4 Å². The fourth-order valence-electron chi connectivity index (χ4n) is 7.11. The molecule has 2 heteroatoms. The molecule has 0 radical (unpaired) electrons. The van der Waals surface area contributed by atoms with Crippen LogP contribution in [0.2, 0.25) is 0 Å². The Labute approximate surface area is 133 Å². The topological polar surface area (TPSA) is 26.3 Å². The molecule has 5 saturated carbocycles. The molecule has 6 rings (SSSR count). The molecule has 120 valence electrons. The van der Waals surface area contributed by atoms with Gasteiger partial charge in [-0.1, -0.05) is 19.1 Å². The largest absolute Gasteiger partial charge is 0.458 e. The number of carbonyl (C=O) groups is 1. The lowest BCUT2D eigenvalue weighted by atomic mass is 9.49. The molecule has 3 atom stereocenters. The van der Waals surface area contributed by atoms with Gasteiger partial charge in [-0.2, -0.15) is 0 Å². The number of hydrogen-bond acceptors (Lipinski definition) is 2. The highest BCUT2D eigenvalue weighted by Gasteiger charge is 2.59. The summed E-state index contributed by atoms with van der Waals surface area (Å²) < 4.78 is 6.43. The van der Waals surface area contributed by atoms with Gasteiger partial charge in [0.15, 0.2) is 0 Å². The normalized spacial score (nSPS) is 54.1. The standard InChI is InChI=1S/C20H28O2/c1-2-20(16-7-13-5-14(9-16)10-17(20)8-13)22-19(21)18-11-12-3-4-15(18)6-12/h3-4,12-18H,2,5-11H2,1H3/t12-,13?,14?,15+,16?,17?,18+,20?/m1/s1. The molecule has 0 N–H and O–H groups in total. The van der Waals surface area contributed by atoms with Crippen molar-refractivity contribution in [3.8, 4) is 0 Å². The first-order valence-corrected chi connectivity index (χ1v) is 9.59. The summed E-state index contributed by atoms with van der Waals surface area (Å²) in [5, 5.41) is 0. The maximum atomic E-state index is 12.9. The second-order valence-corrected chi connectivity index (χ2v) is 8.92. The maximum absolute atomic E-state index is 12.9. The lowest BCUT2D eigenvalue weighted by molar-refractivity contribution is -0.215. The first-order chi connectivity index (χ1) is 10.7. The third-order valence-electron chi connectivity index (χ3n) is 7.95. The Hall–Kier alpha value is -0.790. The fourth-order valence-corrected chi connectivity index (χ4v) is 7.11. The smallest absolute Gasteiger partial charge is 0.310 e. The van der Waals surface area contributed by atoms with Crippen LogP contribution in [0.5, 0.6) is 0 Å². The maximum Gasteiger partial charge on any atom is 0.310 e. The van der Waals surface area contributed by atoms with Crippen molar-refractivity contribution in [1.29, 1.82) is 0 Å². The van der Waals surface area contributed by atoms with E-state index >= 15 is 0 Å². The number of allylic oxidation sites excluding steroid dienone is 2. The number of ether oxygens (including phenoxy) is 1. The number of rotatable bonds is 3. The zero-order valence-electron chi connectivity index (χ0n) is 13.7.